The van der Waals surface area contributed by atoms with Crippen LogP contribution in [0.4, 0.5) is 13.2 Å². The maximum Gasteiger partial charge on any atom is 0.416 e. The Labute approximate surface area is 123 Å². The maximum absolute atomic E-state index is 12.4. The van der Waals surface area contributed by atoms with Gasteiger partial charge in [-0.3, -0.25) is 4.79 Å². The number of phenols is 2. The van der Waals surface area contributed by atoms with Gasteiger partial charge in [-0.05, 0) is 42.5 Å². The number of aromatic hydroxyl groups is 2. The molecule has 0 spiro atoms. The van der Waals surface area contributed by atoms with Crippen molar-refractivity contribution in [1.82, 2.24) is 5.32 Å². The van der Waals surface area contributed by atoms with Crippen molar-refractivity contribution in [2.45, 2.75) is 12.7 Å². The summed E-state index contributed by atoms with van der Waals surface area (Å²) in [7, 11) is 0. The van der Waals surface area contributed by atoms with Crippen LogP contribution in [0.25, 0.3) is 0 Å². The fraction of sp³-hybridized carbons (Fsp3) is 0.133. The molecule has 0 heterocycles. The molecule has 116 valence electrons. The topological polar surface area (TPSA) is 69.6 Å². The van der Waals surface area contributed by atoms with E-state index in [-0.39, 0.29) is 23.6 Å². The molecule has 0 unspecified atom stereocenters. The summed E-state index contributed by atoms with van der Waals surface area (Å²) in [5, 5.41) is 21.3. The minimum absolute atomic E-state index is 0.0626. The number of nitrogens with one attached hydrogen (secondary N) is 1. The third kappa shape index (κ3) is 3.69. The SMILES string of the molecule is O=C(NCc1cc(O)ccc1O)c1ccc(C(F)(F)F)cc1. The monoisotopic (exact) mass is 311 g/mol. The van der Waals surface area contributed by atoms with Crippen molar-refractivity contribution in [3.8, 4) is 11.5 Å². The molecule has 0 saturated heterocycles. The first-order chi connectivity index (χ1) is 10.3. The van der Waals surface area contributed by atoms with Gasteiger partial charge in [0.2, 0.25) is 0 Å². The van der Waals surface area contributed by atoms with Gasteiger partial charge in [0, 0.05) is 17.7 Å². The molecule has 2 rings (SSSR count). The molecule has 3 N–H and O–H groups in total. The summed E-state index contributed by atoms with van der Waals surface area (Å²) in [6.45, 7) is -0.0694. The van der Waals surface area contributed by atoms with E-state index in [1.54, 1.807) is 0 Å². The van der Waals surface area contributed by atoms with Crippen molar-refractivity contribution in [3.05, 3.63) is 59.2 Å². The minimum Gasteiger partial charge on any atom is -0.508 e. The Bertz CT molecular complexity index is 681. The summed E-state index contributed by atoms with van der Waals surface area (Å²) in [4.78, 5) is 11.8. The van der Waals surface area contributed by atoms with Crippen LogP contribution in [0.1, 0.15) is 21.5 Å². The summed E-state index contributed by atoms with van der Waals surface area (Å²) in [6, 6.07) is 7.62. The molecule has 4 nitrogen and oxygen atoms in total. The standard InChI is InChI=1S/C15H12F3NO3/c16-15(17,18)11-3-1-9(2-4-11)14(22)19-8-10-7-12(20)5-6-13(10)21/h1-7,20-21H,8H2,(H,19,22). The zero-order valence-electron chi connectivity index (χ0n) is 11.2. The van der Waals surface area contributed by atoms with E-state index in [0.717, 1.165) is 24.3 Å². The van der Waals surface area contributed by atoms with Crippen LogP contribution in [-0.4, -0.2) is 16.1 Å². The first-order valence-electron chi connectivity index (χ1n) is 6.23. The molecule has 7 heteroatoms. The lowest BCUT2D eigenvalue weighted by molar-refractivity contribution is -0.137. The molecule has 0 aliphatic carbocycles. The van der Waals surface area contributed by atoms with Gasteiger partial charge in [-0.25, -0.2) is 0 Å². The first-order valence-corrected chi connectivity index (χ1v) is 6.23. The summed E-state index contributed by atoms with van der Waals surface area (Å²) < 4.78 is 37.3. The van der Waals surface area contributed by atoms with Crippen molar-refractivity contribution in [2.75, 3.05) is 0 Å². The third-order valence-corrected chi connectivity index (χ3v) is 2.98. The Morgan fingerprint density at radius 3 is 2.27 bits per heavy atom. The van der Waals surface area contributed by atoms with Crippen LogP contribution in [0.2, 0.25) is 0 Å². The van der Waals surface area contributed by atoms with E-state index in [9.17, 15) is 28.2 Å². The number of amides is 1. The third-order valence-electron chi connectivity index (χ3n) is 2.98. The van der Waals surface area contributed by atoms with Crippen LogP contribution in [0.15, 0.2) is 42.5 Å². The Kier molecular flexibility index (Phi) is 4.25. The smallest absolute Gasteiger partial charge is 0.416 e. The number of alkyl halides is 3. The zero-order valence-corrected chi connectivity index (χ0v) is 11.2. The van der Waals surface area contributed by atoms with Gasteiger partial charge in [0.1, 0.15) is 11.5 Å². The molecular weight excluding hydrogens is 299 g/mol. The van der Waals surface area contributed by atoms with E-state index in [1.165, 1.54) is 18.2 Å². The lowest BCUT2D eigenvalue weighted by Gasteiger charge is -2.09. The van der Waals surface area contributed by atoms with Gasteiger partial charge in [-0.15, -0.1) is 0 Å². The predicted molar refractivity (Wildman–Crippen MR) is 72.4 cm³/mol. The number of rotatable bonds is 3. The van der Waals surface area contributed by atoms with Crippen LogP contribution in [-0.2, 0) is 12.7 Å². The molecule has 0 saturated carbocycles. The van der Waals surface area contributed by atoms with Crippen LogP contribution < -0.4 is 5.32 Å². The highest BCUT2D eigenvalue weighted by Crippen LogP contribution is 2.29. The average Bonchev–Trinajstić information content (AvgIpc) is 2.47. The number of carbonyl (C=O) groups is 1. The summed E-state index contributed by atoms with van der Waals surface area (Å²) >= 11 is 0. The molecule has 0 fully saturated rings. The second-order valence-corrected chi connectivity index (χ2v) is 4.57. The number of halogens is 3. The largest absolute Gasteiger partial charge is 0.508 e. The van der Waals surface area contributed by atoms with Crippen LogP contribution >= 0.6 is 0 Å². The molecule has 2 aromatic rings. The molecule has 0 radical (unpaired) electrons. The first kappa shape index (κ1) is 15.7. The molecule has 0 aliphatic rings. The van der Waals surface area contributed by atoms with Gasteiger partial charge >= 0.3 is 6.18 Å². The van der Waals surface area contributed by atoms with Gasteiger partial charge in [-0.1, -0.05) is 0 Å². The minimum atomic E-state index is -4.46. The van der Waals surface area contributed by atoms with Gasteiger partial charge in [0.25, 0.3) is 5.91 Å². The lowest BCUT2D eigenvalue weighted by atomic mass is 10.1. The van der Waals surface area contributed by atoms with Crippen LogP contribution in [0, 0.1) is 0 Å². The summed E-state index contributed by atoms with van der Waals surface area (Å²) in [5.74, 6) is -0.765. The zero-order chi connectivity index (χ0) is 16.3. The Morgan fingerprint density at radius 2 is 1.68 bits per heavy atom. The highest BCUT2D eigenvalue weighted by atomic mass is 19.4. The number of hydrogen-bond acceptors (Lipinski definition) is 3. The number of phenolic OH excluding ortho intramolecular Hbond substituents is 2. The lowest BCUT2D eigenvalue weighted by Crippen LogP contribution is -2.23. The van der Waals surface area contributed by atoms with Crippen molar-refractivity contribution in [1.29, 1.82) is 0 Å². The molecule has 0 aliphatic heterocycles. The Hall–Kier alpha value is -2.70. The normalized spacial score (nSPS) is 11.2. The van der Waals surface area contributed by atoms with E-state index in [1.807, 2.05) is 0 Å². The highest BCUT2D eigenvalue weighted by Gasteiger charge is 2.30. The quantitative estimate of drug-likeness (QED) is 0.763. The average molecular weight is 311 g/mol. The molecule has 0 bridgehead atoms. The fourth-order valence-corrected chi connectivity index (χ4v) is 1.80. The maximum atomic E-state index is 12.4. The van der Waals surface area contributed by atoms with Gasteiger partial charge in [0.05, 0.1) is 5.56 Å². The van der Waals surface area contributed by atoms with Crippen LogP contribution in [0.3, 0.4) is 0 Å². The van der Waals surface area contributed by atoms with Gasteiger partial charge in [0.15, 0.2) is 0 Å². The van der Waals surface area contributed by atoms with Crippen LogP contribution in [0.5, 0.6) is 11.5 Å². The molecule has 1 amide bonds. The highest BCUT2D eigenvalue weighted by molar-refractivity contribution is 5.94. The van der Waals surface area contributed by atoms with E-state index in [4.69, 9.17) is 0 Å². The number of benzene rings is 2. The number of carbonyl (C=O) groups excluding carboxylic acids is 1. The number of hydrogen-bond donors (Lipinski definition) is 3. The molecule has 22 heavy (non-hydrogen) atoms. The second kappa shape index (κ2) is 5.97. The van der Waals surface area contributed by atoms with E-state index < -0.39 is 17.6 Å². The fourth-order valence-electron chi connectivity index (χ4n) is 1.80. The van der Waals surface area contributed by atoms with E-state index in [0.29, 0.717) is 5.56 Å². The second-order valence-electron chi connectivity index (χ2n) is 4.57. The van der Waals surface area contributed by atoms with Gasteiger partial charge < -0.3 is 15.5 Å². The summed E-state index contributed by atoms with van der Waals surface area (Å²) in [6.07, 6.45) is -4.46. The Balaban J connectivity index is 2.05. The van der Waals surface area contributed by atoms with E-state index >= 15 is 0 Å². The molecule has 0 aromatic heterocycles. The Morgan fingerprint density at radius 1 is 1.05 bits per heavy atom. The van der Waals surface area contributed by atoms with Crippen molar-refractivity contribution >= 4 is 5.91 Å². The predicted octanol–water partition coefficient (Wildman–Crippen LogP) is 3.05. The van der Waals surface area contributed by atoms with Crippen molar-refractivity contribution < 1.29 is 28.2 Å². The summed E-state index contributed by atoms with van der Waals surface area (Å²) in [5.41, 5.74) is -0.484. The molecule has 0 atom stereocenters. The van der Waals surface area contributed by atoms with Crippen molar-refractivity contribution in [3.63, 3.8) is 0 Å². The van der Waals surface area contributed by atoms with Crippen molar-refractivity contribution in [2.24, 2.45) is 0 Å². The molecular formula is C15H12F3NO3. The molecule has 2 aromatic carbocycles. The van der Waals surface area contributed by atoms with Gasteiger partial charge in [-0.2, -0.15) is 13.2 Å². The van der Waals surface area contributed by atoms with E-state index in [2.05, 4.69) is 5.32 Å².